The first-order chi connectivity index (χ1) is 14.5. The molecular formula is C23H26N2O4S. The van der Waals surface area contributed by atoms with Crippen molar-refractivity contribution in [3.05, 3.63) is 59.3 Å². The largest absolute Gasteiger partial charge is 0.493 e. The number of ether oxygens (including phenoxy) is 2. The van der Waals surface area contributed by atoms with Gasteiger partial charge in [-0.25, -0.2) is 0 Å². The van der Waals surface area contributed by atoms with E-state index in [-0.39, 0.29) is 17.7 Å². The summed E-state index contributed by atoms with van der Waals surface area (Å²) in [5, 5.41) is 1.15. The van der Waals surface area contributed by atoms with Gasteiger partial charge in [0.2, 0.25) is 5.91 Å². The van der Waals surface area contributed by atoms with Gasteiger partial charge in [-0.2, -0.15) is 0 Å². The van der Waals surface area contributed by atoms with Crippen LogP contribution in [0.1, 0.15) is 22.7 Å². The van der Waals surface area contributed by atoms with Crippen LogP contribution < -0.4 is 9.47 Å². The maximum Gasteiger partial charge on any atom is 0.235 e. The number of carbonyl (C=O) groups excluding carboxylic acids is 1. The first-order valence-corrected chi connectivity index (χ1v) is 11.6. The van der Waals surface area contributed by atoms with Crippen molar-refractivity contribution in [2.24, 2.45) is 0 Å². The average Bonchev–Trinajstić information content (AvgIpc) is 3.15. The van der Waals surface area contributed by atoms with Crippen LogP contribution in [0.2, 0.25) is 0 Å². The molecular weight excluding hydrogens is 400 g/mol. The number of methoxy groups -OCH3 is 2. The molecule has 0 saturated carbocycles. The number of fused-ring (bicyclic) bond motifs is 2. The Morgan fingerprint density at radius 2 is 1.93 bits per heavy atom. The predicted molar refractivity (Wildman–Crippen MR) is 119 cm³/mol. The highest BCUT2D eigenvalue weighted by Gasteiger charge is 2.33. The lowest BCUT2D eigenvalue weighted by Crippen LogP contribution is -2.43. The maximum atomic E-state index is 13.0. The van der Waals surface area contributed by atoms with Gasteiger partial charge in [-0.05, 0) is 47.7 Å². The van der Waals surface area contributed by atoms with Crippen molar-refractivity contribution in [1.29, 1.82) is 0 Å². The molecule has 1 amide bonds. The molecule has 0 radical (unpaired) electrons. The molecule has 3 aromatic rings. The maximum absolute atomic E-state index is 13.0. The SMILES string of the molecule is COc1cc2c(cc1OC)C(Cc1c[nH]c3ccccc13)N(C(=O)CS(C)=O)CC2. The molecule has 2 aromatic carbocycles. The Morgan fingerprint density at radius 3 is 2.67 bits per heavy atom. The van der Waals surface area contributed by atoms with Crippen molar-refractivity contribution < 1.29 is 18.5 Å². The Morgan fingerprint density at radius 1 is 1.20 bits per heavy atom. The number of carbonyl (C=O) groups is 1. The molecule has 1 aliphatic heterocycles. The molecule has 7 heteroatoms. The summed E-state index contributed by atoms with van der Waals surface area (Å²) >= 11 is 0. The van der Waals surface area contributed by atoms with Gasteiger partial charge in [0.15, 0.2) is 11.5 Å². The lowest BCUT2D eigenvalue weighted by Gasteiger charge is -2.38. The van der Waals surface area contributed by atoms with Gasteiger partial charge < -0.3 is 19.4 Å². The summed E-state index contributed by atoms with van der Waals surface area (Å²) in [5.41, 5.74) is 4.43. The van der Waals surface area contributed by atoms with Crippen molar-refractivity contribution in [2.45, 2.75) is 18.9 Å². The molecule has 0 fully saturated rings. The fourth-order valence-corrected chi connectivity index (χ4v) is 4.83. The summed E-state index contributed by atoms with van der Waals surface area (Å²) in [4.78, 5) is 18.2. The van der Waals surface area contributed by atoms with Gasteiger partial charge in [0, 0.05) is 40.7 Å². The third-order valence-electron chi connectivity index (χ3n) is 5.74. The fourth-order valence-electron chi connectivity index (χ4n) is 4.31. The van der Waals surface area contributed by atoms with Gasteiger partial charge in [-0.1, -0.05) is 18.2 Å². The number of hydrogen-bond acceptors (Lipinski definition) is 4. The monoisotopic (exact) mass is 426 g/mol. The Kier molecular flexibility index (Phi) is 5.81. The van der Waals surface area contributed by atoms with Gasteiger partial charge in [0.25, 0.3) is 0 Å². The average molecular weight is 427 g/mol. The second kappa shape index (κ2) is 8.52. The second-order valence-corrected chi connectivity index (χ2v) is 8.98. The first kappa shape index (κ1) is 20.5. The van der Waals surface area contributed by atoms with E-state index in [1.807, 2.05) is 41.4 Å². The predicted octanol–water partition coefficient (Wildman–Crippen LogP) is 3.23. The zero-order valence-corrected chi connectivity index (χ0v) is 18.3. The Labute approximate surface area is 178 Å². The smallest absolute Gasteiger partial charge is 0.235 e. The molecule has 158 valence electrons. The molecule has 30 heavy (non-hydrogen) atoms. The molecule has 0 saturated heterocycles. The Balaban J connectivity index is 1.79. The zero-order valence-electron chi connectivity index (χ0n) is 17.4. The zero-order chi connectivity index (χ0) is 21.3. The quantitative estimate of drug-likeness (QED) is 0.657. The number of aromatic amines is 1. The van der Waals surface area contributed by atoms with Crippen molar-refractivity contribution in [3.63, 3.8) is 0 Å². The summed E-state index contributed by atoms with van der Waals surface area (Å²) in [6.45, 7) is 0.589. The van der Waals surface area contributed by atoms with Crippen LogP contribution in [0.3, 0.4) is 0 Å². The highest BCUT2D eigenvalue weighted by Crippen LogP contribution is 2.40. The number of hydrogen-bond donors (Lipinski definition) is 1. The first-order valence-electron chi connectivity index (χ1n) is 9.91. The van der Waals surface area contributed by atoms with E-state index in [1.165, 1.54) is 0 Å². The number of amides is 1. The molecule has 1 aliphatic rings. The van der Waals surface area contributed by atoms with E-state index in [0.29, 0.717) is 24.5 Å². The Hall–Kier alpha value is -2.80. The van der Waals surface area contributed by atoms with Crippen LogP contribution in [0.25, 0.3) is 10.9 Å². The summed E-state index contributed by atoms with van der Waals surface area (Å²) in [7, 11) is 2.06. The van der Waals surface area contributed by atoms with Crippen molar-refractivity contribution in [2.75, 3.05) is 32.8 Å². The third kappa shape index (κ3) is 3.81. The van der Waals surface area contributed by atoms with E-state index in [4.69, 9.17) is 9.47 Å². The summed E-state index contributed by atoms with van der Waals surface area (Å²) < 4.78 is 22.8. The number of para-hydroxylation sites is 1. The molecule has 1 N–H and O–H groups in total. The van der Waals surface area contributed by atoms with Crippen LogP contribution in [0, 0.1) is 0 Å². The summed E-state index contributed by atoms with van der Waals surface area (Å²) in [6.07, 6.45) is 4.97. The van der Waals surface area contributed by atoms with Crippen LogP contribution >= 0.6 is 0 Å². The summed E-state index contributed by atoms with van der Waals surface area (Å²) in [5.74, 6) is 1.29. The normalized spacial score (nSPS) is 16.9. The minimum absolute atomic E-state index is 0.0347. The fraction of sp³-hybridized carbons (Fsp3) is 0.348. The lowest BCUT2D eigenvalue weighted by atomic mass is 9.88. The van der Waals surface area contributed by atoms with Gasteiger partial charge in [0.1, 0.15) is 5.75 Å². The van der Waals surface area contributed by atoms with Gasteiger partial charge in [0.05, 0.1) is 20.3 Å². The molecule has 0 bridgehead atoms. The van der Waals surface area contributed by atoms with E-state index in [2.05, 4.69) is 11.1 Å². The number of benzene rings is 2. The molecule has 2 unspecified atom stereocenters. The Bertz CT molecular complexity index is 1110. The van der Waals surface area contributed by atoms with E-state index < -0.39 is 10.8 Å². The second-order valence-electron chi connectivity index (χ2n) is 7.54. The highest BCUT2D eigenvalue weighted by molar-refractivity contribution is 7.85. The van der Waals surface area contributed by atoms with Crippen LogP contribution in [-0.2, 0) is 28.4 Å². The molecule has 4 rings (SSSR count). The van der Waals surface area contributed by atoms with Gasteiger partial charge in [-0.3, -0.25) is 9.00 Å². The molecule has 0 aliphatic carbocycles. The van der Waals surface area contributed by atoms with Crippen LogP contribution in [-0.4, -0.2) is 52.8 Å². The van der Waals surface area contributed by atoms with Crippen molar-refractivity contribution in [3.8, 4) is 11.5 Å². The third-order valence-corrected chi connectivity index (χ3v) is 6.39. The van der Waals surface area contributed by atoms with E-state index in [1.54, 1.807) is 20.5 Å². The van der Waals surface area contributed by atoms with E-state index >= 15 is 0 Å². The molecule has 2 atom stereocenters. The number of nitrogens with zero attached hydrogens (tertiary/aromatic N) is 1. The minimum Gasteiger partial charge on any atom is -0.493 e. The van der Waals surface area contributed by atoms with Crippen molar-refractivity contribution >= 4 is 27.6 Å². The minimum atomic E-state index is -1.18. The van der Waals surface area contributed by atoms with Gasteiger partial charge in [-0.15, -0.1) is 0 Å². The van der Waals surface area contributed by atoms with Gasteiger partial charge >= 0.3 is 0 Å². The number of aromatic nitrogens is 1. The number of nitrogens with one attached hydrogen (secondary N) is 1. The molecule has 1 aromatic heterocycles. The topological polar surface area (TPSA) is 71.6 Å². The molecule has 2 heterocycles. The standard InChI is InChI=1S/C23H26N2O4S/c1-28-21-11-15-8-9-25(23(26)14-30(3)27)20(18(15)12-22(21)29-2)10-16-13-24-19-7-5-4-6-17(16)19/h4-7,11-13,20,24H,8-10,14H2,1-3H3. The summed E-state index contributed by atoms with van der Waals surface area (Å²) in [6, 6.07) is 12.0. The number of H-pyrrole nitrogens is 1. The van der Waals surface area contributed by atoms with E-state index in [0.717, 1.165) is 34.0 Å². The van der Waals surface area contributed by atoms with E-state index in [9.17, 15) is 9.00 Å². The van der Waals surface area contributed by atoms with Crippen LogP contribution in [0.5, 0.6) is 11.5 Å². The van der Waals surface area contributed by atoms with Crippen LogP contribution in [0.4, 0.5) is 0 Å². The van der Waals surface area contributed by atoms with Crippen molar-refractivity contribution in [1.82, 2.24) is 9.88 Å². The highest BCUT2D eigenvalue weighted by atomic mass is 32.2. The molecule has 0 spiro atoms. The lowest BCUT2D eigenvalue weighted by molar-refractivity contribution is -0.131. The number of rotatable bonds is 6. The van der Waals surface area contributed by atoms with Crippen LogP contribution in [0.15, 0.2) is 42.6 Å². The molecule has 6 nitrogen and oxygen atoms in total.